The smallest absolute Gasteiger partial charge is 0.822 e. The molecule has 0 aromatic rings. The Kier molecular flexibility index (Phi) is 14.6. The van der Waals surface area contributed by atoms with E-state index in [4.69, 9.17) is 19.2 Å². The normalized spacial score (nSPS) is 8.43. The molecule has 0 N–H and O–H groups in total. The summed E-state index contributed by atoms with van der Waals surface area (Å²) >= 11 is 0. The zero-order valence-corrected chi connectivity index (χ0v) is 10.8. The van der Waals surface area contributed by atoms with Crippen molar-refractivity contribution in [3.63, 3.8) is 0 Å². The van der Waals surface area contributed by atoms with E-state index >= 15 is 0 Å². The number of hydrogen-bond acceptors (Lipinski definition) is 4. The van der Waals surface area contributed by atoms with Gasteiger partial charge < -0.3 is 19.2 Å². The van der Waals surface area contributed by atoms with Gasteiger partial charge in [-0.1, -0.05) is 0 Å². The zero-order chi connectivity index (χ0) is 4.50. The van der Waals surface area contributed by atoms with E-state index in [-0.39, 0.29) is 65.0 Å². The molecule has 0 saturated carbocycles. The van der Waals surface area contributed by atoms with E-state index in [0.717, 1.165) is 0 Å². The second-order valence-electron chi connectivity index (χ2n) is 0.447. The van der Waals surface area contributed by atoms with Gasteiger partial charge in [0.25, 0.3) is 0 Å². The molecule has 0 aliphatic heterocycles. The Balaban J connectivity index is -0.0000000800. The number of phosphoric acid groups is 1. The molecule has 7 heavy (non-hydrogen) atoms. The molecule has 0 heterocycles. The first-order valence-electron chi connectivity index (χ1n) is 0.730. The Bertz CT molecular complexity index is 57.8. The monoisotopic (exact) mass is 247 g/mol. The number of rotatable bonds is 0. The van der Waals surface area contributed by atoms with E-state index in [9.17, 15) is 0 Å². The standard InChI is InChI=1S/H3O4P.Sr.Zn/c1-5(2,3)4;;/h(H3,1,2,3,4);;/q;2*+2/p-3. The van der Waals surface area contributed by atoms with Gasteiger partial charge in [0.15, 0.2) is 0 Å². The second-order valence-corrected chi connectivity index (χ2v) is 1.34. The summed E-state index contributed by atoms with van der Waals surface area (Å²) in [5.41, 5.74) is 0. The first-order chi connectivity index (χ1) is 2.00. The third-order valence-electron chi connectivity index (χ3n) is 0. The summed E-state index contributed by atoms with van der Waals surface area (Å²) in [5.74, 6) is 0. The van der Waals surface area contributed by atoms with Gasteiger partial charge in [-0.15, -0.1) is 0 Å². The van der Waals surface area contributed by atoms with Crippen molar-refractivity contribution < 1.29 is 38.7 Å². The third kappa shape index (κ3) is 64.7. The van der Waals surface area contributed by atoms with E-state index in [2.05, 4.69) is 0 Å². The van der Waals surface area contributed by atoms with Crippen LogP contribution in [0.1, 0.15) is 0 Å². The van der Waals surface area contributed by atoms with Crippen molar-refractivity contribution in [2.75, 3.05) is 0 Å². The topological polar surface area (TPSA) is 86.2 Å². The van der Waals surface area contributed by atoms with Crippen LogP contribution in [0, 0.1) is 0 Å². The van der Waals surface area contributed by atoms with Crippen LogP contribution in [0.25, 0.3) is 0 Å². The Morgan fingerprint density at radius 2 is 1.14 bits per heavy atom. The molecule has 0 aliphatic rings. The van der Waals surface area contributed by atoms with Crippen LogP contribution >= 0.6 is 7.82 Å². The van der Waals surface area contributed by atoms with E-state index in [1.807, 2.05) is 0 Å². The van der Waals surface area contributed by atoms with Gasteiger partial charge in [-0.2, -0.15) is 7.82 Å². The van der Waals surface area contributed by atoms with Crippen LogP contribution in [0.3, 0.4) is 0 Å². The Hall–Kier alpha value is 2.21. The van der Waals surface area contributed by atoms with E-state index in [0.29, 0.717) is 0 Å². The van der Waals surface area contributed by atoms with Gasteiger partial charge >= 0.3 is 65.0 Å². The van der Waals surface area contributed by atoms with Crippen LogP contribution < -0.4 is 14.7 Å². The first-order valence-corrected chi connectivity index (χ1v) is 2.19. The quantitative estimate of drug-likeness (QED) is 0.333. The minimum Gasteiger partial charge on any atom is -0.822 e. The van der Waals surface area contributed by atoms with Gasteiger partial charge in [-0.05, 0) is 0 Å². The van der Waals surface area contributed by atoms with Gasteiger partial charge in [-0.25, -0.2) is 0 Å². The molecule has 0 aromatic carbocycles. The minimum atomic E-state index is -5.39. The molecule has 0 amide bonds. The maximum atomic E-state index is 8.55. The van der Waals surface area contributed by atoms with Crippen molar-refractivity contribution in [1.29, 1.82) is 0 Å². The van der Waals surface area contributed by atoms with E-state index in [1.165, 1.54) is 0 Å². The molecular formula is O4PSrZn+. The largest absolute Gasteiger partial charge is 2.00 e. The molecule has 0 spiro atoms. The predicted molar refractivity (Wildman–Crippen MR) is 13.4 cm³/mol. The molecule has 0 rings (SSSR count). The Labute approximate surface area is 90.6 Å². The SMILES string of the molecule is O=P([O-])([O-])[O-].[Sr+2].[Zn+2]. The van der Waals surface area contributed by atoms with E-state index in [1.54, 1.807) is 0 Å². The average molecular weight is 248 g/mol. The van der Waals surface area contributed by atoms with E-state index < -0.39 is 7.82 Å². The van der Waals surface area contributed by atoms with Crippen molar-refractivity contribution >= 4 is 53.3 Å². The van der Waals surface area contributed by atoms with Gasteiger partial charge in [0.1, 0.15) is 0 Å². The van der Waals surface area contributed by atoms with Crippen LogP contribution in [0.5, 0.6) is 0 Å². The molecule has 32 valence electrons. The molecule has 0 radical (unpaired) electrons. The first kappa shape index (κ1) is 16.1. The Morgan fingerprint density at radius 1 is 1.14 bits per heavy atom. The van der Waals surface area contributed by atoms with Crippen LogP contribution in [0.15, 0.2) is 0 Å². The van der Waals surface area contributed by atoms with Crippen molar-refractivity contribution in [2.24, 2.45) is 0 Å². The van der Waals surface area contributed by atoms with Crippen molar-refractivity contribution in [3.8, 4) is 0 Å². The zero-order valence-electron chi connectivity index (χ0n) is 3.49. The van der Waals surface area contributed by atoms with Gasteiger partial charge in [0.2, 0.25) is 0 Å². The molecule has 4 nitrogen and oxygen atoms in total. The van der Waals surface area contributed by atoms with Crippen LogP contribution in [0.2, 0.25) is 0 Å². The fourth-order valence-corrected chi connectivity index (χ4v) is 0. The van der Waals surface area contributed by atoms with Crippen molar-refractivity contribution in [2.45, 2.75) is 0 Å². The van der Waals surface area contributed by atoms with Crippen molar-refractivity contribution in [1.82, 2.24) is 0 Å². The second kappa shape index (κ2) is 6.34. The molecule has 0 saturated heterocycles. The summed E-state index contributed by atoms with van der Waals surface area (Å²) in [4.78, 5) is 25.6. The maximum absolute atomic E-state index is 8.55. The Morgan fingerprint density at radius 3 is 1.14 bits per heavy atom. The molecule has 0 atom stereocenters. The summed E-state index contributed by atoms with van der Waals surface area (Å²) < 4.78 is 8.55. The predicted octanol–water partition coefficient (Wildman–Crippen LogP) is -3.21. The summed E-state index contributed by atoms with van der Waals surface area (Å²) in [6.45, 7) is 0. The average Bonchev–Trinajstić information content (AvgIpc) is 0.722. The number of hydrogen-bond donors (Lipinski definition) is 0. The minimum absolute atomic E-state index is 0. The maximum Gasteiger partial charge on any atom is 2.00 e. The summed E-state index contributed by atoms with van der Waals surface area (Å²) in [6, 6.07) is 0. The fraction of sp³-hybridized carbons (Fsp3) is 0. The van der Waals surface area contributed by atoms with Gasteiger partial charge in [-0.3, -0.25) is 0 Å². The molecule has 0 bridgehead atoms. The van der Waals surface area contributed by atoms with Gasteiger partial charge in [0.05, 0.1) is 0 Å². The molecule has 0 unspecified atom stereocenters. The van der Waals surface area contributed by atoms with Gasteiger partial charge in [0, 0.05) is 0 Å². The molecule has 7 heteroatoms. The van der Waals surface area contributed by atoms with Crippen LogP contribution in [-0.2, 0) is 24.0 Å². The molecule has 0 fully saturated rings. The summed E-state index contributed by atoms with van der Waals surface area (Å²) in [6.07, 6.45) is 0. The molecular weight excluding hydrogens is 248 g/mol. The van der Waals surface area contributed by atoms with Crippen LogP contribution in [0.4, 0.5) is 0 Å². The fourth-order valence-electron chi connectivity index (χ4n) is 0. The molecule has 0 aromatic heterocycles. The molecule has 0 aliphatic carbocycles. The van der Waals surface area contributed by atoms with Crippen LogP contribution in [-0.4, -0.2) is 45.5 Å². The van der Waals surface area contributed by atoms with Crippen molar-refractivity contribution in [3.05, 3.63) is 0 Å². The summed E-state index contributed by atoms with van der Waals surface area (Å²) in [5, 5.41) is 0. The summed E-state index contributed by atoms with van der Waals surface area (Å²) in [7, 11) is -5.39. The third-order valence-corrected chi connectivity index (χ3v) is 0.